The van der Waals surface area contributed by atoms with Gasteiger partial charge in [0.15, 0.2) is 0 Å². The van der Waals surface area contributed by atoms with Crippen LogP contribution in [-0.4, -0.2) is 30.6 Å². The number of amides is 2. The van der Waals surface area contributed by atoms with E-state index in [1.54, 1.807) is 0 Å². The van der Waals surface area contributed by atoms with Crippen molar-refractivity contribution in [3.05, 3.63) is 59.7 Å². The highest BCUT2D eigenvalue weighted by atomic mass is 16.5. The second-order valence-electron chi connectivity index (χ2n) is 6.35. The van der Waals surface area contributed by atoms with E-state index < -0.39 is 24.0 Å². The van der Waals surface area contributed by atoms with Gasteiger partial charge in [0.05, 0.1) is 12.0 Å². The summed E-state index contributed by atoms with van der Waals surface area (Å²) in [6.45, 7) is 0.0649. The van der Waals surface area contributed by atoms with Crippen LogP contribution in [0.4, 0.5) is 4.79 Å². The molecule has 0 aliphatic heterocycles. The molecule has 2 amide bonds. The Hall–Kier alpha value is -3.35. The molecular weight excluding hydrogens is 348 g/mol. The van der Waals surface area contributed by atoms with Gasteiger partial charge >= 0.3 is 6.09 Å². The summed E-state index contributed by atoms with van der Waals surface area (Å²) in [5.74, 6) is -2.28. The summed E-state index contributed by atoms with van der Waals surface area (Å²) in [5.41, 5.74) is 9.30. The maximum Gasteiger partial charge on any atom is 0.407 e. The van der Waals surface area contributed by atoms with Crippen molar-refractivity contribution in [3.8, 4) is 11.1 Å². The third kappa shape index (κ3) is 4.08. The Morgan fingerprint density at radius 1 is 1.04 bits per heavy atom. The number of carbonyl (C=O) groups is 3. The number of nitrogens with one attached hydrogen (secondary N) is 1. The van der Waals surface area contributed by atoms with E-state index in [0.717, 1.165) is 22.3 Å². The Balaban J connectivity index is 1.67. The predicted molar refractivity (Wildman–Crippen MR) is 95.4 cm³/mol. The standard InChI is InChI=1S/C20H20N2O5/c21-18(23)10-9-17(19(24)25)22-20(26)27-11-16-14-7-3-1-5-12(14)13-6-2-4-8-15(13)16/h1-8,16-17H,9-11H2,(H2,21,23)(H,22,26)(H,24,25)/p-1/t17-/m1/s1. The lowest BCUT2D eigenvalue weighted by atomic mass is 9.98. The quantitative estimate of drug-likeness (QED) is 0.753. The van der Waals surface area contributed by atoms with E-state index >= 15 is 0 Å². The number of rotatable bonds is 7. The zero-order valence-electron chi connectivity index (χ0n) is 14.5. The molecule has 140 valence electrons. The fourth-order valence-corrected chi connectivity index (χ4v) is 3.32. The van der Waals surface area contributed by atoms with Gasteiger partial charge in [-0.05, 0) is 28.7 Å². The van der Waals surface area contributed by atoms with Crippen molar-refractivity contribution in [1.82, 2.24) is 5.32 Å². The summed E-state index contributed by atoms with van der Waals surface area (Å²) >= 11 is 0. The van der Waals surface area contributed by atoms with Crippen molar-refractivity contribution in [3.63, 3.8) is 0 Å². The number of fused-ring (bicyclic) bond motifs is 3. The zero-order chi connectivity index (χ0) is 19.4. The molecule has 2 aromatic carbocycles. The molecule has 1 aliphatic rings. The highest BCUT2D eigenvalue weighted by Gasteiger charge is 2.29. The van der Waals surface area contributed by atoms with Gasteiger partial charge in [0.1, 0.15) is 6.61 Å². The van der Waals surface area contributed by atoms with Gasteiger partial charge < -0.3 is 25.7 Å². The van der Waals surface area contributed by atoms with Crippen molar-refractivity contribution in [2.24, 2.45) is 5.73 Å². The molecule has 3 rings (SSSR count). The molecule has 7 nitrogen and oxygen atoms in total. The molecular formula is C20H19N2O5-. The average Bonchev–Trinajstić information content (AvgIpc) is 2.97. The fourth-order valence-electron chi connectivity index (χ4n) is 3.32. The van der Waals surface area contributed by atoms with E-state index in [1.807, 2.05) is 48.5 Å². The van der Waals surface area contributed by atoms with Crippen LogP contribution in [0.25, 0.3) is 11.1 Å². The SMILES string of the molecule is NC(=O)CC[C@@H](NC(=O)OCC1c2ccccc2-c2ccccc21)C(=O)[O-]. The Kier molecular flexibility index (Phi) is 5.40. The Morgan fingerprint density at radius 2 is 1.59 bits per heavy atom. The number of ether oxygens (including phenoxy) is 1. The largest absolute Gasteiger partial charge is 0.548 e. The first-order chi connectivity index (χ1) is 13.0. The number of alkyl carbamates (subject to hydrolysis) is 1. The van der Waals surface area contributed by atoms with E-state index in [4.69, 9.17) is 10.5 Å². The summed E-state index contributed by atoms with van der Waals surface area (Å²) in [6.07, 6.45) is -1.21. The number of primary amides is 1. The predicted octanol–water partition coefficient (Wildman–Crippen LogP) is 0.909. The monoisotopic (exact) mass is 367 g/mol. The number of nitrogens with two attached hydrogens (primary N) is 1. The molecule has 3 N–H and O–H groups in total. The van der Waals surface area contributed by atoms with Crippen LogP contribution in [0.3, 0.4) is 0 Å². The maximum atomic E-state index is 12.0. The first-order valence-corrected chi connectivity index (χ1v) is 8.58. The number of benzene rings is 2. The van der Waals surface area contributed by atoms with Crippen molar-refractivity contribution < 1.29 is 24.2 Å². The van der Waals surface area contributed by atoms with E-state index in [0.29, 0.717) is 0 Å². The lowest BCUT2D eigenvalue weighted by Crippen LogP contribution is -2.48. The molecule has 2 aromatic rings. The van der Waals surface area contributed by atoms with Gasteiger partial charge in [-0.2, -0.15) is 0 Å². The number of carboxylic acid groups (broad SMARTS) is 1. The minimum absolute atomic E-state index is 0.0649. The van der Waals surface area contributed by atoms with Crippen LogP contribution in [0, 0.1) is 0 Å². The third-order valence-electron chi connectivity index (χ3n) is 4.60. The van der Waals surface area contributed by atoms with Crippen LogP contribution in [0.1, 0.15) is 29.9 Å². The lowest BCUT2D eigenvalue weighted by molar-refractivity contribution is -0.308. The first-order valence-electron chi connectivity index (χ1n) is 8.58. The molecule has 0 fully saturated rings. The van der Waals surface area contributed by atoms with E-state index in [-0.39, 0.29) is 25.4 Å². The van der Waals surface area contributed by atoms with Crippen LogP contribution >= 0.6 is 0 Å². The Bertz CT molecular complexity index is 835. The molecule has 0 unspecified atom stereocenters. The second-order valence-corrected chi connectivity index (χ2v) is 6.35. The highest BCUT2D eigenvalue weighted by molar-refractivity contribution is 5.81. The Morgan fingerprint density at radius 3 is 2.11 bits per heavy atom. The van der Waals surface area contributed by atoms with E-state index in [2.05, 4.69) is 5.32 Å². The number of carboxylic acids is 1. The van der Waals surface area contributed by atoms with E-state index in [1.165, 1.54) is 0 Å². The number of hydrogen-bond donors (Lipinski definition) is 2. The summed E-state index contributed by atoms with van der Waals surface area (Å²) in [4.78, 5) is 34.0. The van der Waals surface area contributed by atoms with Gasteiger partial charge in [-0.25, -0.2) is 4.79 Å². The summed E-state index contributed by atoms with van der Waals surface area (Å²) in [5, 5.41) is 13.3. The smallest absolute Gasteiger partial charge is 0.407 e. The molecule has 0 saturated heterocycles. The minimum Gasteiger partial charge on any atom is -0.548 e. The van der Waals surface area contributed by atoms with Gasteiger partial charge in [-0.15, -0.1) is 0 Å². The van der Waals surface area contributed by atoms with Gasteiger partial charge in [-0.3, -0.25) is 4.79 Å². The van der Waals surface area contributed by atoms with Crippen molar-refractivity contribution >= 4 is 18.0 Å². The molecule has 0 bridgehead atoms. The topological polar surface area (TPSA) is 122 Å². The summed E-state index contributed by atoms with van der Waals surface area (Å²) < 4.78 is 5.27. The molecule has 27 heavy (non-hydrogen) atoms. The number of hydrogen-bond acceptors (Lipinski definition) is 5. The molecule has 1 atom stereocenters. The average molecular weight is 367 g/mol. The molecule has 0 aromatic heterocycles. The molecule has 0 heterocycles. The third-order valence-corrected chi connectivity index (χ3v) is 4.60. The van der Waals surface area contributed by atoms with Crippen LogP contribution in [0.5, 0.6) is 0 Å². The number of carbonyl (C=O) groups excluding carboxylic acids is 3. The van der Waals surface area contributed by atoms with Crippen molar-refractivity contribution in [2.45, 2.75) is 24.8 Å². The van der Waals surface area contributed by atoms with E-state index in [9.17, 15) is 19.5 Å². The first kappa shape index (κ1) is 18.4. The maximum absolute atomic E-state index is 12.0. The molecule has 0 saturated carbocycles. The van der Waals surface area contributed by atoms with Gasteiger partial charge in [0.25, 0.3) is 0 Å². The summed E-state index contributed by atoms with van der Waals surface area (Å²) in [7, 11) is 0. The Labute approximate surface area is 156 Å². The van der Waals surface area contributed by atoms with Gasteiger partial charge in [0.2, 0.25) is 5.91 Å². The number of aliphatic carboxylic acids is 1. The van der Waals surface area contributed by atoms with Crippen molar-refractivity contribution in [1.29, 1.82) is 0 Å². The normalized spacial score (nSPS) is 13.3. The molecule has 0 spiro atoms. The van der Waals surface area contributed by atoms with Crippen LogP contribution < -0.4 is 16.2 Å². The fraction of sp³-hybridized carbons (Fsp3) is 0.250. The van der Waals surface area contributed by atoms with Crippen LogP contribution in [0.2, 0.25) is 0 Å². The zero-order valence-corrected chi connectivity index (χ0v) is 14.5. The van der Waals surface area contributed by atoms with Crippen LogP contribution in [0.15, 0.2) is 48.5 Å². The van der Waals surface area contributed by atoms with Crippen molar-refractivity contribution in [2.75, 3.05) is 6.61 Å². The second kappa shape index (κ2) is 7.90. The van der Waals surface area contributed by atoms with Crippen LogP contribution in [-0.2, 0) is 14.3 Å². The van der Waals surface area contributed by atoms with Gasteiger partial charge in [-0.1, -0.05) is 48.5 Å². The molecule has 7 heteroatoms. The molecule has 0 radical (unpaired) electrons. The minimum atomic E-state index is -1.50. The van der Waals surface area contributed by atoms with Gasteiger partial charge in [0, 0.05) is 12.3 Å². The lowest BCUT2D eigenvalue weighted by Gasteiger charge is -2.20. The highest BCUT2D eigenvalue weighted by Crippen LogP contribution is 2.44. The summed E-state index contributed by atoms with van der Waals surface area (Å²) in [6, 6.07) is 14.4. The molecule has 1 aliphatic carbocycles.